The van der Waals surface area contributed by atoms with Crippen LogP contribution < -0.4 is 0 Å². The summed E-state index contributed by atoms with van der Waals surface area (Å²) < 4.78 is 5.32. The summed E-state index contributed by atoms with van der Waals surface area (Å²) in [6.07, 6.45) is 5.65. The number of rotatable bonds is 5. The largest absolute Gasteiger partial charge is 0.378 e. The molecule has 0 spiro atoms. The van der Waals surface area contributed by atoms with Gasteiger partial charge in [0.05, 0.1) is 31.1 Å². The van der Waals surface area contributed by atoms with Crippen LogP contribution in [0.1, 0.15) is 30.1 Å². The number of morpholine rings is 1. The molecule has 25 heavy (non-hydrogen) atoms. The second kappa shape index (κ2) is 8.69. The van der Waals surface area contributed by atoms with Crippen LogP contribution in [0.3, 0.4) is 0 Å². The van der Waals surface area contributed by atoms with Crippen LogP contribution in [0, 0.1) is 0 Å². The number of likely N-dealkylation sites (tertiary alicyclic amines) is 1. The molecule has 0 atom stereocenters. The molecule has 3 rings (SSSR count). The third-order valence-electron chi connectivity index (χ3n) is 4.97. The van der Waals surface area contributed by atoms with Gasteiger partial charge in [-0.1, -0.05) is 0 Å². The predicted octanol–water partition coefficient (Wildman–Crippen LogP) is 0.576. The quantitative estimate of drug-likeness (QED) is 0.776. The molecule has 0 aliphatic carbocycles. The van der Waals surface area contributed by atoms with E-state index in [1.807, 2.05) is 4.90 Å². The smallest absolute Gasteiger partial charge is 0.236 e. The number of carbonyl (C=O) groups excluding carboxylic acids is 1. The van der Waals surface area contributed by atoms with Crippen molar-refractivity contribution in [3.8, 4) is 0 Å². The molecular formula is C18H29N5O2. The molecule has 1 aromatic heterocycles. The number of carbonyl (C=O) groups is 1. The minimum atomic E-state index is 0.231. The summed E-state index contributed by atoms with van der Waals surface area (Å²) in [5.74, 6) is 0.674. The zero-order chi connectivity index (χ0) is 17.6. The lowest BCUT2D eigenvalue weighted by Gasteiger charge is -2.34. The lowest BCUT2D eigenvalue weighted by molar-refractivity contribution is -0.136. The van der Waals surface area contributed by atoms with Crippen LogP contribution in [0.15, 0.2) is 12.4 Å². The highest BCUT2D eigenvalue weighted by Gasteiger charge is 2.26. The number of hydrogen-bond donors (Lipinski definition) is 0. The molecule has 0 N–H and O–H groups in total. The van der Waals surface area contributed by atoms with Crippen LogP contribution in [0.4, 0.5) is 0 Å². The van der Waals surface area contributed by atoms with Crippen molar-refractivity contribution in [2.45, 2.75) is 25.3 Å². The van der Waals surface area contributed by atoms with Gasteiger partial charge in [0.25, 0.3) is 0 Å². The second-order valence-electron chi connectivity index (χ2n) is 7.17. The van der Waals surface area contributed by atoms with Gasteiger partial charge in [0.1, 0.15) is 0 Å². The molecule has 2 aliphatic heterocycles. The minimum Gasteiger partial charge on any atom is -0.378 e. The Morgan fingerprint density at radius 2 is 1.84 bits per heavy atom. The Kier molecular flexibility index (Phi) is 6.34. The third kappa shape index (κ3) is 4.96. The van der Waals surface area contributed by atoms with E-state index in [1.54, 1.807) is 12.4 Å². The maximum absolute atomic E-state index is 12.4. The van der Waals surface area contributed by atoms with Gasteiger partial charge in [-0.2, -0.15) is 0 Å². The van der Waals surface area contributed by atoms with Crippen LogP contribution in [-0.2, 0) is 16.1 Å². The molecule has 3 heterocycles. The van der Waals surface area contributed by atoms with Gasteiger partial charge in [0.15, 0.2) is 0 Å². The van der Waals surface area contributed by atoms with E-state index in [2.05, 4.69) is 33.9 Å². The van der Waals surface area contributed by atoms with Gasteiger partial charge in [-0.15, -0.1) is 0 Å². The van der Waals surface area contributed by atoms with E-state index in [1.165, 1.54) is 0 Å². The molecule has 1 aromatic rings. The van der Waals surface area contributed by atoms with E-state index in [0.29, 0.717) is 25.7 Å². The summed E-state index contributed by atoms with van der Waals surface area (Å²) in [7, 11) is 4.11. The Labute approximate surface area is 150 Å². The van der Waals surface area contributed by atoms with Crippen LogP contribution in [0.25, 0.3) is 0 Å². The fourth-order valence-electron chi connectivity index (χ4n) is 3.61. The number of nitrogens with zero attached hydrogens (tertiary/aromatic N) is 5. The summed E-state index contributed by atoms with van der Waals surface area (Å²) in [5, 5.41) is 0. The fourth-order valence-corrected chi connectivity index (χ4v) is 3.61. The molecule has 0 bridgehead atoms. The Bertz CT molecular complexity index is 566. The molecule has 2 fully saturated rings. The number of ether oxygens (including phenoxy) is 1. The molecule has 0 radical (unpaired) electrons. The normalized spacial score (nSPS) is 20.2. The average molecular weight is 347 g/mol. The summed E-state index contributed by atoms with van der Waals surface area (Å²) >= 11 is 0. The van der Waals surface area contributed by atoms with E-state index in [4.69, 9.17) is 4.74 Å². The van der Waals surface area contributed by atoms with Crippen molar-refractivity contribution in [1.29, 1.82) is 0 Å². The standard InChI is InChI=1S/C18H29N5O2/c1-21(2)13-16-18(20-6-5-19-16)15-3-7-22(8-4-15)14-17(24)23-9-11-25-12-10-23/h5-6,15H,3-4,7-14H2,1-2H3. The van der Waals surface area contributed by atoms with Crippen molar-refractivity contribution >= 4 is 5.91 Å². The van der Waals surface area contributed by atoms with Gasteiger partial charge in [0.2, 0.25) is 5.91 Å². The van der Waals surface area contributed by atoms with Crippen LogP contribution >= 0.6 is 0 Å². The predicted molar refractivity (Wildman–Crippen MR) is 95.2 cm³/mol. The highest BCUT2D eigenvalue weighted by molar-refractivity contribution is 5.78. The SMILES string of the molecule is CN(C)Cc1nccnc1C1CCN(CC(=O)N2CCOCC2)CC1. The molecule has 2 aliphatic rings. The van der Waals surface area contributed by atoms with E-state index < -0.39 is 0 Å². The van der Waals surface area contributed by atoms with Crippen molar-refractivity contribution < 1.29 is 9.53 Å². The topological polar surface area (TPSA) is 61.8 Å². The van der Waals surface area contributed by atoms with E-state index in [0.717, 1.165) is 57.0 Å². The zero-order valence-corrected chi connectivity index (χ0v) is 15.4. The highest BCUT2D eigenvalue weighted by atomic mass is 16.5. The van der Waals surface area contributed by atoms with Gasteiger partial charge in [-0.05, 0) is 40.0 Å². The van der Waals surface area contributed by atoms with Crippen molar-refractivity contribution in [1.82, 2.24) is 24.7 Å². The van der Waals surface area contributed by atoms with Gasteiger partial charge in [-0.25, -0.2) is 0 Å². The average Bonchev–Trinajstić information content (AvgIpc) is 2.63. The Morgan fingerprint density at radius 1 is 1.16 bits per heavy atom. The third-order valence-corrected chi connectivity index (χ3v) is 4.97. The number of amides is 1. The van der Waals surface area contributed by atoms with Gasteiger partial charge in [-0.3, -0.25) is 19.7 Å². The summed E-state index contributed by atoms with van der Waals surface area (Å²) in [4.78, 5) is 27.9. The van der Waals surface area contributed by atoms with Crippen molar-refractivity contribution in [2.75, 3.05) is 60.0 Å². The molecule has 0 aromatic carbocycles. The molecule has 0 unspecified atom stereocenters. The van der Waals surface area contributed by atoms with E-state index in [9.17, 15) is 4.79 Å². The molecular weight excluding hydrogens is 318 g/mol. The monoisotopic (exact) mass is 347 g/mol. The van der Waals surface area contributed by atoms with E-state index in [-0.39, 0.29) is 5.91 Å². The van der Waals surface area contributed by atoms with Crippen LogP contribution in [0.2, 0.25) is 0 Å². The molecule has 7 nitrogen and oxygen atoms in total. The first-order chi connectivity index (χ1) is 12.1. The molecule has 1 amide bonds. The summed E-state index contributed by atoms with van der Waals surface area (Å²) in [6, 6.07) is 0. The number of hydrogen-bond acceptors (Lipinski definition) is 6. The lowest BCUT2D eigenvalue weighted by Crippen LogP contribution is -2.47. The van der Waals surface area contributed by atoms with Crippen LogP contribution in [-0.4, -0.2) is 90.6 Å². The maximum Gasteiger partial charge on any atom is 0.236 e. The summed E-state index contributed by atoms with van der Waals surface area (Å²) in [5.41, 5.74) is 2.21. The first-order valence-electron chi connectivity index (χ1n) is 9.16. The first kappa shape index (κ1) is 18.2. The Hall–Kier alpha value is -1.57. The maximum atomic E-state index is 12.4. The van der Waals surface area contributed by atoms with Crippen LogP contribution in [0.5, 0.6) is 0 Å². The fraction of sp³-hybridized carbons (Fsp3) is 0.722. The number of aromatic nitrogens is 2. The molecule has 7 heteroatoms. The molecule has 0 saturated carbocycles. The molecule has 138 valence electrons. The van der Waals surface area contributed by atoms with E-state index >= 15 is 0 Å². The highest BCUT2D eigenvalue weighted by Crippen LogP contribution is 2.28. The minimum absolute atomic E-state index is 0.231. The Balaban J connectivity index is 1.53. The lowest BCUT2D eigenvalue weighted by atomic mass is 9.91. The van der Waals surface area contributed by atoms with Crippen molar-refractivity contribution in [3.63, 3.8) is 0 Å². The Morgan fingerprint density at radius 3 is 2.52 bits per heavy atom. The van der Waals surface area contributed by atoms with Gasteiger partial charge < -0.3 is 14.5 Å². The van der Waals surface area contributed by atoms with Gasteiger partial charge >= 0.3 is 0 Å². The van der Waals surface area contributed by atoms with Gasteiger partial charge in [0, 0.05) is 37.9 Å². The second-order valence-corrected chi connectivity index (χ2v) is 7.17. The molecule has 2 saturated heterocycles. The summed E-state index contributed by atoms with van der Waals surface area (Å²) in [6.45, 7) is 6.00. The zero-order valence-electron chi connectivity index (χ0n) is 15.4. The number of piperidine rings is 1. The van der Waals surface area contributed by atoms with Crippen molar-refractivity contribution in [3.05, 3.63) is 23.8 Å². The van der Waals surface area contributed by atoms with Crippen molar-refractivity contribution in [2.24, 2.45) is 0 Å². The first-order valence-corrected chi connectivity index (χ1v) is 9.16.